The predicted molar refractivity (Wildman–Crippen MR) is 74.8 cm³/mol. The number of rotatable bonds is 5. The summed E-state index contributed by atoms with van der Waals surface area (Å²) in [5.41, 5.74) is 0. The summed E-state index contributed by atoms with van der Waals surface area (Å²) in [6.07, 6.45) is 1.61. The molecule has 0 spiro atoms. The lowest BCUT2D eigenvalue weighted by Gasteiger charge is -2.18. The van der Waals surface area contributed by atoms with E-state index in [1.807, 2.05) is 6.92 Å². The summed E-state index contributed by atoms with van der Waals surface area (Å²) in [7, 11) is -1.51. The average molecular weight is 272 g/mol. The molecule has 0 aromatic carbocycles. The Bertz CT molecular complexity index is 325. The number of hydrogen-bond donors (Lipinski definition) is 0. The Morgan fingerprint density at radius 1 is 0.944 bits per heavy atom. The van der Waals surface area contributed by atoms with E-state index in [4.69, 9.17) is 4.43 Å². The molecule has 0 aliphatic heterocycles. The van der Waals surface area contributed by atoms with Crippen LogP contribution in [-0.4, -0.2) is 25.7 Å². The van der Waals surface area contributed by atoms with E-state index in [1.54, 1.807) is 0 Å². The number of ketones is 3. The molecule has 0 aliphatic rings. The molecule has 18 heavy (non-hydrogen) atoms. The van der Waals surface area contributed by atoms with Crippen molar-refractivity contribution in [3.05, 3.63) is 11.8 Å². The van der Waals surface area contributed by atoms with Gasteiger partial charge >= 0.3 is 0 Å². The Balaban J connectivity index is 0. The fraction of sp³-hybridized carbons (Fsp3) is 0.615. The summed E-state index contributed by atoms with van der Waals surface area (Å²) >= 11 is 0. The lowest BCUT2D eigenvalue weighted by atomic mass is 10.2. The van der Waals surface area contributed by atoms with E-state index in [2.05, 4.69) is 19.6 Å². The quantitative estimate of drug-likeness (QED) is 0.334. The van der Waals surface area contributed by atoms with Gasteiger partial charge in [0.05, 0.1) is 12.2 Å². The summed E-state index contributed by atoms with van der Waals surface area (Å²) in [6, 6.07) is 0. The van der Waals surface area contributed by atoms with E-state index in [0.29, 0.717) is 0 Å². The van der Waals surface area contributed by atoms with Crippen LogP contribution >= 0.6 is 0 Å². The van der Waals surface area contributed by atoms with Crippen molar-refractivity contribution >= 4 is 25.7 Å². The highest BCUT2D eigenvalue weighted by Gasteiger charge is 2.15. The van der Waals surface area contributed by atoms with Crippen LogP contribution in [0.3, 0.4) is 0 Å². The molecule has 0 aromatic heterocycles. The normalized spacial score (nSPS) is 11.2. The van der Waals surface area contributed by atoms with Crippen LogP contribution < -0.4 is 0 Å². The molecule has 0 N–H and O–H groups in total. The largest absolute Gasteiger partial charge is 0.547 e. The molecule has 104 valence electrons. The maximum atomic E-state index is 10.6. The van der Waals surface area contributed by atoms with Crippen molar-refractivity contribution in [2.45, 2.75) is 53.8 Å². The molecule has 0 amide bonds. The summed E-state index contributed by atoms with van der Waals surface area (Å²) in [5.74, 6) is 0.650. The molecule has 0 radical (unpaired) electrons. The van der Waals surface area contributed by atoms with Gasteiger partial charge in [0, 0.05) is 6.08 Å². The predicted octanol–water partition coefficient (Wildman–Crippen LogP) is 2.89. The first-order valence-electron chi connectivity index (χ1n) is 5.81. The van der Waals surface area contributed by atoms with Crippen molar-refractivity contribution in [2.75, 3.05) is 0 Å². The first-order chi connectivity index (χ1) is 7.94. The molecule has 0 atom stereocenters. The van der Waals surface area contributed by atoms with Gasteiger partial charge in [0.25, 0.3) is 0 Å². The topological polar surface area (TPSA) is 60.4 Å². The van der Waals surface area contributed by atoms with Crippen molar-refractivity contribution in [2.24, 2.45) is 0 Å². The molecule has 5 heteroatoms. The van der Waals surface area contributed by atoms with Gasteiger partial charge in [-0.1, -0.05) is 0 Å². The third kappa shape index (κ3) is 20.2. The Labute approximate surface area is 111 Å². The molecule has 0 saturated heterocycles. The lowest BCUT2D eigenvalue weighted by molar-refractivity contribution is -0.124. The van der Waals surface area contributed by atoms with Crippen molar-refractivity contribution in [3.8, 4) is 0 Å². The number of Topliss-reactive ketones (excluding diaryl/α,β-unsaturated/α-hetero) is 2. The highest BCUT2D eigenvalue weighted by atomic mass is 28.4. The van der Waals surface area contributed by atoms with Crippen molar-refractivity contribution < 1.29 is 18.8 Å². The van der Waals surface area contributed by atoms with Gasteiger partial charge in [-0.2, -0.15) is 0 Å². The summed E-state index contributed by atoms with van der Waals surface area (Å²) in [6.45, 7) is 12.4. The zero-order valence-corrected chi connectivity index (χ0v) is 13.4. The molecule has 0 heterocycles. The summed E-state index contributed by atoms with van der Waals surface area (Å²) < 4.78 is 5.53. The second-order valence-corrected chi connectivity index (χ2v) is 9.59. The molecule has 0 aliphatic carbocycles. The van der Waals surface area contributed by atoms with Crippen LogP contribution in [-0.2, 0) is 18.8 Å². The minimum absolute atomic E-state index is 0.0424. The molecule has 0 bridgehead atoms. The van der Waals surface area contributed by atoms with Crippen LogP contribution in [0.1, 0.15) is 34.1 Å². The maximum absolute atomic E-state index is 10.6. The molecule has 0 aromatic rings. The van der Waals surface area contributed by atoms with Crippen molar-refractivity contribution in [1.29, 1.82) is 0 Å². The Morgan fingerprint density at radius 3 is 1.50 bits per heavy atom. The summed E-state index contributed by atoms with van der Waals surface area (Å²) in [4.78, 5) is 30.7. The van der Waals surface area contributed by atoms with Crippen molar-refractivity contribution in [1.82, 2.24) is 0 Å². The second-order valence-electron chi connectivity index (χ2n) is 5.16. The first kappa shape index (κ1) is 19.1. The number of carbonyl (C=O) groups excluding carboxylic acids is 3. The molecule has 0 unspecified atom stereocenters. The van der Waals surface area contributed by atoms with E-state index in [1.165, 1.54) is 26.8 Å². The van der Waals surface area contributed by atoms with Crippen LogP contribution in [0.25, 0.3) is 0 Å². The maximum Gasteiger partial charge on any atom is 0.241 e. The van der Waals surface area contributed by atoms with Crippen LogP contribution in [0.2, 0.25) is 19.6 Å². The van der Waals surface area contributed by atoms with Gasteiger partial charge in [-0.3, -0.25) is 14.4 Å². The fourth-order valence-corrected chi connectivity index (χ4v) is 2.17. The first-order valence-corrected chi connectivity index (χ1v) is 9.21. The molecule has 0 rings (SSSR count). The van der Waals surface area contributed by atoms with Crippen LogP contribution in [0.15, 0.2) is 11.8 Å². The minimum atomic E-state index is -1.51. The highest BCUT2D eigenvalue weighted by molar-refractivity contribution is 6.70. The monoisotopic (exact) mass is 272 g/mol. The molecule has 0 saturated carbocycles. The number of allylic oxidation sites excluding steroid dienone is 2. The molecular formula is C13H24O4Si. The third-order valence-corrected chi connectivity index (χ3v) is 2.31. The van der Waals surface area contributed by atoms with Gasteiger partial charge < -0.3 is 4.43 Å². The zero-order valence-electron chi connectivity index (χ0n) is 12.4. The van der Waals surface area contributed by atoms with Gasteiger partial charge in [0.1, 0.15) is 11.6 Å². The molecule has 0 fully saturated rings. The SMILES string of the molecule is CC(=O)/C=C(/C)O[Si](C)(C)C.CC(=O)CC(C)=O. The fourth-order valence-electron chi connectivity index (χ4n) is 1.15. The van der Waals surface area contributed by atoms with Gasteiger partial charge in [-0.05, 0) is 47.3 Å². The third-order valence-electron chi connectivity index (χ3n) is 1.37. The van der Waals surface area contributed by atoms with E-state index >= 15 is 0 Å². The standard InChI is InChI=1S/C8H16O2Si.C5H8O2/c1-7(9)6-8(2)10-11(3,4)5;1-4(6)3-5(2)7/h6H,1-5H3;3H2,1-2H3/b8-6-;. The van der Waals surface area contributed by atoms with Gasteiger partial charge in [0.2, 0.25) is 8.32 Å². The molecular weight excluding hydrogens is 248 g/mol. The Hall–Kier alpha value is -1.23. The average Bonchev–Trinajstić information content (AvgIpc) is 1.94. The zero-order chi connectivity index (χ0) is 14.9. The Kier molecular flexibility index (Phi) is 9.34. The highest BCUT2D eigenvalue weighted by Crippen LogP contribution is 2.09. The lowest BCUT2D eigenvalue weighted by Crippen LogP contribution is -2.24. The molecule has 4 nitrogen and oxygen atoms in total. The van der Waals surface area contributed by atoms with Gasteiger partial charge in [-0.15, -0.1) is 0 Å². The van der Waals surface area contributed by atoms with Crippen LogP contribution in [0, 0.1) is 0 Å². The second kappa shape index (κ2) is 8.80. The van der Waals surface area contributed by atoms with E-state index < -0.39 is 8.32 Å². The number of carbonyl (C=O) groups is 3. The number of hydrogen-bond acceptors (Lipinski definition) is 4. The van der Waals surface area contributed by atoms with E-state index in [9.17, 15) is 14.4 Å². The van der Waals surface area contributed by atoms with Crippen LogP contribution in [0.5, 0.6) is 0 Å². The Morgan fingerprint density at radius 2 is 1.33 bits per heavy atom. The van der Waals surface area contributed by atoms with E-state index in [0.717, 1.165) is 5.76 Å². The minimum Gasteiger partial charge on any atom is -0.547 e. The van der Waals surface area contributed by atoms with Gasteiger partial charge in [0.15, 0.2) is 5.78 Å². The smallest absolute Gasteiger partial charge is 0.241 e. The van der Waals surface area contributed by atoms with Crippen molar-refractivity contribution in [3.63, 3.8) is 0 Å². The van der Waals surface area contributed by atoms with Crippen LogP contribution in [0.4, 0.5) is 0 Å². The van der Waals surface area contributed by atoms with Gasteiger partial charge in [-0.25, -0.2) is 0 Å². The van der Waals surface area contributed by atoms with E-state index in [-0.39, 0.29) is 23.8 Å². The summed E-state index contributed by atoms with van der Waals surface area (Å²) in [5, 5.41) is 0.